The van der Waals surface area contributed by atoms with E-state index in [1.165, 1.54) is 0 Å². The van der Waals surface area contributed by atoms with E-state index < -0.39 is 5.97 Å². The van der Waals surface area contributed by atoms with Crippen LogP contribution in [0, 0.1) is 11.8 Å². The number of aliphatic carboxylic acids is 1. The Kier molecular flexibility index (Phi) is 4.22. The summed E-state index contributed by atoms with van der Waals surface area (Å²) in [6, 6.07) is 0.165. The van der Waals surface area contributed by atoms with Gasteiger partial charge in [0.25, 0.3) is 0 Å². The molecule has 1 aliphatic carbocycles. The minimum atomic E-state index is -0.766. The highest BCUT2D eigenvalue weighted by atomic mass is 16.4. The smallest absolute Gasteiger partial charge is 0.303 e. The van der Waals surface area contributed by atoms with Crippen molar-refractivity contribution in [1.29, 1.82) is 0 Å². The van der Waals surface area contributed by atoms with Crippen LogP contribution in [-0.2, 0) is 9.59 Å². The van der Waals surface area contributed by atoms with Crippen LogP contribution >= 0.6 is 0 Å². The number of hydrogen-bond acceptors (Lipinski definition) is 3. The van der Waals surface area contributed by atoms with Gasteiger partial charge in [0, 0.05) is 31.5 Å². The van der Waals surface area contributed by atoms with Crippen LogP contribution in [0.25, 0.3) is 0 Å². The molecule has 2 rings (SSSR count). The van der Waals surface area contributed by atoms with E-state index in [1.54, 1.807) is 0 Å². The van der Waals surface area contributed by atoms with Crippen LogP contribution in [0.5, 0.6) is 0 Å². The fourth-order valence-corrected chi connectivity index (χ4v) is 3.18. The predicted molar refractivity (Wildman–Crippen MR) is 66.9 cm³/mol. The van der Waals surface area contributed by atoms with Crippen molar-refractivity contribution in [3.8, 4) is 0 Å². The molecule has 0 aromatic heterocycles. The first-order valence-corrected chi connectivity index (χ1v) is 6.82. The van der Waals surface area contributed by atoms with Gasteiger partial charge in [-0.3, -0.25) is 9.59 Å². The number of rotatable bonds is 3. The molecule has 3 unspecified atom stereocenters. The molecule has 0 aromatic carbocycles. The summed E-state index contributed by atoms with van der Waals surface area (Å²) in [6.07, 6.45) is 4.62. The molecule has 0 aromatic rings. The zero-order chi connectivity index (χ0) is 13.1. The molecule has 0 spiro atoms. The van der Waals surface area contributed by atoms with Crippen LogP contribution in [0.2, 0.25) is 0 Å². The van der Waals surface area contributed by atoms with E-state index in [9.17, 15) is 9.59 Å². The maximum Gasteiger partial charge on any atom is 0.303 e. The Morgan fingerprint density at radius 1 is 1.28 bits per heavy atom. The first kappa shape index (κ1) is 13.3. The molecule has 102 valence electrons. The molecule has 5 heteroatoms. The minimum absolute atomic E-state index is 0.0728. The molecule has 18 heavy (non-hydrogen) atoms. The standard InChI is InChI=1S/C13H22N2O3/c14-11-4-3-10(7-11)13(18)15-5-1-2-9(8-15)6-12(16)17/h9-11H,1-8,14H2,(H,16,17). The maximum atomic E-state index is 12.3. The molecule has 3 N–H and O–H groups in total. The van der Waals surface area contributed by atoms with Gasteiger partial charge in [-0.25, -0.2) is 0 Å². The largest absolute Gasteiger partial charge is 0.481 e. The molecule has 2 fully saturated rings. The highest BCUT2D eigenvalue weighted by Gasteiger charge is 2.33. The summed E-state index contributed by atoms with van der Waals surface area (Å²) in [6.45, 7) is 1.39. The molecule has 1 saturated heterocycles. The van der Waals surface area contributed by atoms with Crippen molar-refractivity contribution in [3.05, 3.63) is 0 Å². The summed E-state index contributed by atoms with van der Waals surface area (Å²) in [5, 5.41) is 8.82. The van der Waals surface area contributed by atoms with Crippen molar-refractivity contribution in [2.45, 2.75) is 44.6 Å². The Labute approximate surface area is 107 Å². The van der Waals surface area contributed by atoms with E-state index in [1.807, 2.05) is 4.90 Å². The Morgan fingerprint density at radius 3 is 2.67 bits per heavy atom. The van der Waals surface area contributed by atoms with Crippen LogP contribution in [0.3, 0.4) is 0 Å². The number of nitrogens with two attached hydrogens (primary N) is 1. The lowest BCUT2D eigenvalue weighted by atomic mass is 9.93. The second-order valence-electron chi connectivity index (χ2n) is 5.66. The number of amides is 1. The average Bonchev–Trinajstić information content (AvgIpc) is 2.74. The molecular formula is C13H22N2O3. The Bertz CT molecular complexity index is 332. The van der Waals surface area contributed by atoms with Gasteiger partial charge in [0.1, 0.15) is 0 Å². The van der Waals surface area contributed by atoms with Crippen molar-refractivity contribution < 1.29 is 14.7 Å². The van der Waals surface area contributed by atoms with Crippen LogP contribution < -0.4 is 5.73 Å². The third kappa shape index (κ3) is 3.22. The van der Waals surface area contributed by atoms with Crippen molar-refractivity contribution in [1.82, 2.24) is 4.90 Å². The van der Waals surface area contributed by atoms with E-state index in [0.29, 0.717) is 6.54 Å². The fourth-order valence-electron chi connectivity index (χ4n) is 3.18. The first-order valence-electron chi connectivity index (χ1n) is 6.82. The fraction of sp³-hybridized carbons (Fsp3) is 0.846. The Balaban J connectivity index is 1.88. The monoisotopic (exact) mass is 254 g/mol. The van der Waals surface area contributed by atoms with E-state index >= 15 is 0 Å². The molecule has 0 radical (unpaired) electrons. The summed E-state index contributed by atoms with van der Waals surface area (Å²) in [5.74, 6) is -0.380. The molecule has 1 aliphatic heterocycles. The number of hydrogen-bond donors (Lipinski definition) is 2. The van der Waals surface area contributed by atoms with Gasteiger partial charge < -0.3 is 15.7 Å². The van der Waals surface area contributed by atoms with Crippen LogP contribution in [-0.4, -0.2) is 41.0 Å². The molecule has 1 amide bonds. The minimum Gasteiger partial charge on any atom is -0.481 e. The van der Waals surface area contributed by atoms with Crippen molar-refractivity contribution in [3.63, 3.8) is 0 Å². The number of piperidine rings is 1. The molecule has 0 bridgehead atoms. The lowest BCUT2D eigenvalue weighted by molar-refractivity contribution is -0.142. The third-order valence-electron chi connectivity index (χ3n) is 4.12. The molecule has 3 atom stereocenters. The molecule has 1 heterocycles. The first-order chi connectivity index (χ1) is 8.56. The summed E-state index contributed by atoms with van der Waals surface area (Å²) >= 11 is 0. The summed E-state index contributed by atoms with van der Waals surface area (Å²) in [7, 11) is 0. The van der Waals surface area contributed by atoms with E-state index in [-0.39, 0.29) is 30.2 Å². The zero-order valence-corrected chi connectivity index (χ0v) is 10.7. The topological polar surface area (TPSA) is 83.6 Å². The average molecular weight is 254 g/mol. The van der Waals surface area contributed by atoms with Gasteiger partial charge in [-0.2, -0.15) is 0 Å². The maximum absolute atomic E-state index is 12.3. The molecule has 1 saturated carbocycles. The Hall–Kier alpha value is -1.10. The number of carbonyl (C=O) groups is 2. The molecule has 2 aliphatic rings. The second-order valence-corrected chi connectivity index (χ2v) is 5.66. The van der Waals surface area contributed by atoms with Crippen molar-refractivity contribution >= 4 is 11.9 Å². The normalized spacial score (nSPS) is 32.5. The van der Waals surface area contributed by atoms with Crippen molar-refractivity contribution in [2.24, 2.45) is 17.6 Å². The lowest BCUT2D eigenvalue weighted by Gasteiger charge is -2.33. The van der Waals surface area contributed by atoms with Crippen LogP contribution in [0.1, 0.15) is 38.5 Å². The van der Waals surface area contributed by atoms with E-state index in [2.05, 4.69) is 0 Å². The number of carboxylic acid groups (broad SMARTS) is 1. The molecule has 5 nitrogen and oxygen atoms in total. The lowest BCUT2D eigenvalue weighted by Crippen LogP contribution is -2.43. The van der Waals surface area contributed by atoms with Crippen molar-refractivity contribution in [2.75, 3.05) is 13.1 Å². The predicted octanol–water partition coefficient (Wildman–Crippen LogP) is 0.827. The van der Waals surface area contributed by atoms with Gasteiger partial charge in [0.05, 0.1) is 0 Å². The number of carbonyl (C=O) groups excluding carboxylic acids is 1. The third-order valence-corrected chi connectivity index (χ3v) is 4.12. The zero-order valence-electron chi connectivity index (χ0n) is 10.7. The van der Waals surface area contributed by atoms with Gasteiger partial charge in [0.15, 0.2) is 0 Å². The van der Waals surface area contributed by atoms with Gasteiger partial charge >= 0.3 is 5.97 Å². The molecular weight excluding hydrogens is 232 g/mol. The van der Waals surface area contributed by atoms with Gasteiger partial charge in [-0.15, -0.1) is 0 Å². The van der Waals surface area contributed by atoms with Gasteiger partial charge in [-0.05, 0) is 38.0 Å². The van der Waals surface area contributed by atoms with Gasteiger partial charge in [0.2, 0.25) is 5.91 Å². The van der Waals surface area contributed by atoms with Gasteiger partial charge in [-0.1, -0.05) is 0 Å². The summed E-state index contributed by atoms with van der Waals surface area (Å²) < 4.78 is 0. The summed E-state index contributed by atoms with van der Waals surface area (Å²) in [4.78, 5) is 24.9. The van der Waals surface area contributed by atoms with Crippen LogP contribution in [0.4, 0.5) is 0 Å². The Morgan fingerprint density at radius 2 is 2.06 bits per heavy atom. The summed E-state index contributed by atoms with van der Waals surface area (Å²) in [5.41, 5.74) is 5.84. The SMILES string of the molecule is NC1CCC(C(=O)N2CCCC(CC(=O)O)C2)C1. The van der Waals surface area contributed by atoms with E-state index in [0.717, 1.165) is 38.6 Å². The highest BCUT2D eigenvalue weighted by molar-refractivity contribution is 5.79. The highest BCUT2D eigenvalue weighted by Crippen LogP contribution is 2.28. The number of likely N-dealkylation sites (tertiary alicyclic amines) is 1. The number of nitrogens with zero attached hydrogens (tertiary/aromatic N) is 1. The van der Waals surface area contributed by atoms with E-state index in [4.69, 9.17) is 10.8 Å². The quantitative estimate of drug-likeness (QED) is 0.781. The second kappa shape index (κ2) is 5.69. The number of carboxylic acids is 1. The van der Waals surface area contributed by atoms with Crippen LogP contribution in [0.15, 0.2) is 0 Å².